The van der Waals surface area contributed by atoms with Gasteiger partial charge in [0.2, 0.25) is 0 Å². The molecule has 1 saturated heterocycles. The van der Waals surface area contributed by atoms with Gasteiger partial charge in [0.15, 0.2) is 0 Å². The number of pyridine rings is 1. The number of halogens is 2. The predicted octanol–water partition coefficient (Wildman–Crippen LogP) is 4.02. The molecule has 3 heterocycles. The number of aromatic amines is 1. The van der Waals surface area contributed by atoms with E-state index in [1.165, 1.54) is 12.1 Å². The van der Waals surface area contributed by atoms with Crippen LogP contribution in [0.3, 0.4) is 0 Å². The average molecular weight is 371 g/mol. The SMILES string of the molecule is FC(F)(CN1CCCC(Nc2nccc3[nH]ncc23)CC1)c1ccccc1. The van der Waals surface area contributed by atoms with Crippen LogP contribution >= 0.6 is 0 Å². The second-order valence-electron chi connectivity index (χ2n) is 7.11. The molecule has 1 unspecified atom stereocenters. The molecule has 0 amide bonds. The second-order valence-corrected chi connectivity index (χ2v) is 7.11. The highest BCUT2D eigenvalue weighted by atomic mass is 19.3. The number of fused-ring (bicyclic) bond motifs is 1. The highest BCUT2D eigenvalue weighted by molar-refractivity contribution is 5.88. The van der Waals surface area contributed by atoms with Crippen LogP contribution in [0.1, 0.15) is 24.8 Å². The summed E-state index contributed by atoms with van der Waals surface area (Å²) in [5.41, 5.74) is 1.02. The third kappa shape index (κ3) is 4.08. The van der Waals surface area contributed by atoms with Gasteiger partial charge in [0, 0.05) is 24.3 Å². The van der Waals surface area contributed by atoms with E-state index >= 15 is 0 Å². The van der Waals surface area contributed by atoms with Crippen molar-refractivity contribution in [3.63, 3.8) is 0 Å². The first-order chi connectivity index (χ1) is 13.1. The van der Waals surface area contributed by atoms with E-state index in [4.69, 9.17) is 0 Å². The number of hydrogen-bond acceptors (Lipinski definition) is 4. The Balaban J connectivity index is 1.38. The summed E-state index contributed by atoms with van der Waals surface area (Å²) >= 11 is 0. The van der Waals surface area contributed by atoms with Gasteiger partial charge in [-0.2, -0.15) is 13.9 Å². The number of nitrogens with one attached hydrogen (secondary N) is 2. The Morgan fingerprint density at radius 1 is 1.15 bits per heavy atom. The maximum absolute atomic E-state index is 14.6. The molecule has 0 spiro atoms. The molecule has 1 aliphatic heterocycles. The number of hydrogen-bond donors (Lipinski definition) is 2. The van der Waals surface area contributed by atoms with Crippen LogP contribution in [-0.4, -0.2) is 45.8 Å². The minimum Gasteiger partial charge on any atom is -0.367 e. The Kier molecular flexibility index (Phi) is 5.03. The molecule has 2 N–H and O–H groups in total. The number of rotatable bonds is 5. The van der Waals surface area contributed by atoms with Crippen molar-refractivity contribution in [2.45, 2.75) is 31.2 Å². The Morgan fingerprint density at radius 3 is 2.85 bits per heavy atom. The minimum absolute atomic E-state index is 0.0831. The summed E-state index contributed by atoms with van der Waals surface area (Å²) in [6.45, 7) is 1.09. The van der Waals surface area contributed by atoms with E-state index in [9.17, 15) is 8.78 Å². The number of anilines is 1. The molecule has 5 nitrogen and oxygen atoms in total. The van der Waals surface area contributed by atoms with Gasteiger partial charge in [-0.15, -0.1) is 0 Å². The maximum Gasteiger partial charge on any atom is 0.285 e. The number of alkyl halides is 2. The number of H-pyrrole nitrogens is 1. The van der Waals surface area contributed by atoms with Crippen molar-refractivity contribution in [3.8, 4) is 0 Å². The van der Waals surface area contributed by atoms with Crippen molar-refractivity contribution in [1.29, 1.82) is 0 Å². The van der Waals surface area contributed by atoms with Gasteiger partial charge >= 0.3 is 0 Å². The van der Waals surface area contributed by atoms with Crippen molar-refractivity contribution in [1.82, 2.24) is 20.1 Å². The van der Waals surface area contributed by atoms with Gasteiger partial charge in [-0.1, -0.05) is 30.3 Å². The highest BCUT2D eigenvalue weighted by Gasteiger charge is 2.34. The van der Waals surface area contributed by atoms with Gasteiger partial charge in [0.05, 0.1) is 23.6 Å². The molecule has 142 valence electrons. The molecule has 2 aromatic heterocycles. The van der Waals surface area contributed by atoms with Crippen molar-refractivity contribution in [2.75, 3.05) is 25.0 Å². The summed E-state index contributed by atoms with van der Waals surface area (Å²) in [5, 5.41) is 11.4. The summed E-state index contributed by atoms with van der Waals surface area (Å²) in [5.74, 6) is -2.03. The first kappa shape index (κ1) is 17.9. The zero-order valence-electron chi connectivity index (χ0n) is 15.0. The van der Waals surface area contributed by atoms with E-state index in [0.29, 0.717) is 13.1 Å². The van der Waals surface area contributed by atoms with Gasteiger partial charge in [0.1, 0.15) is 5.82 Å². The molecule has 7 heteroatoms. The largest absolute Gasteiger partial charge is 0.367 e. The zero-order chi connectivity index (χ0) is 18.7. The highest BCUT2D eigenvalue weighted by Crippen LogP contribution is 2.30. The standard InChI is InChI=1S/C20H23F2N5/c21-20(22,15-5-2-1-3-6-15)14-27-11-4-7-16(9-12-27)25-19-17-13-24-26-18(17)8-10-23-19/h1-3,5-6,8,10,13,16H,4,7,9,11-12,14H2,(H,23,25)(H,24,26). The fraction of sp³-hybridized carbons (Fsp3) is 0.400. The lowest BCUT2D eigenvalue weighted by atomic mass is 10.1. The van der Waals surface area contributed by atoms with Gasteiger partial charge in [-0.3, -0.25) is 10.00 Å². The lowest BCUT2D eigenvalue weighted by Gasteiger charge is -2.26. The number of aromatic nitrogens is 3. The van der Waals surface area contributed by atoms with Crippen LogP contribution in [0.25, 0.3) is 10.9 Å². The van der Waals surface area contributed by atoms with Gasteiger partial charge < -0.3 is 5.32 Å². The Bertz CT molecular complexity index is 880. The van der Waals surface area contributed by atoms with Crippen LogP contribution in [0.2, 0.25) is 0 Å². The molecular formula is C20H23F2N5. The molecule has 4 rings (SSSR count). The predicted molar refractivity (Wildman–Crippen MR) is 102 cm³/mol. The molecule has 1 aromatic carbocycles. The topological polar surface area (TPSA) is 56.8 Å². The van der Waals surface area contributed by atoms with E-state index in [1.807, 2.05) is 11.0 Å². The molecule has 27 heavy (non-hydrogen) atoms. The molecule has 1 atom stereocenters. The van der Waals surface area contributed by atoms with Gasteiger partial charge in [-0.05, 0) is 31.9 Å². The van der Waals surface area contributed by atoms with Crippen molar-refractivity contribution >= 4 is 16.7 Å². The Labute approximate surface area is 156 Å². The zero-order valence-corrected chi connectivity index (χ0v) is 15.0. The fourth-order valence-electron chi connectivity index (χ4n) is 3.69. The van der Waals surface area contributed by atoms with Gasteiger partial charge in [-0.25, -0.2) is 4.98 Å². The average Bonchev–Trinajstić information content (AvgIpc) is 3.06. The van der Waals surface area contributed by atoms with E-state index in [-0.39, 0.29) is 18.2 Å². The normalized spacial score (nSPS) is 19.1. The summed E-state index contributed by atoms with van der Waals surface area (Å²) in [6, 6.07) is 10.2. The van der Waals surface area contributed by atoms with Crippen molar-refractivity contribution < 1.29 is 8.78 Å². The molecule has 0 radical (unpaired) electrons. The van der Waals surface area contributed by atoms with Crippen LogP contribution in [-0.2, 0) is 5.92 Å². The van der Waals surface area contributed by atoms with Crippen LogP contribution in [0.15, 0.2) is 48.8 Å². The molecule has 1 fully saturated rings. The molecule has 0 bridgehead atoms. The molecule has 0 saturated carbocycles. The van der Waals surface area contributed by atoms with Crippen LogP contribution in [0.4, 0.5) is 14.6 Å². The van der Waals surface area contributed by atoms with Crippen LogP contribution < -0.4 is 5.32 Å². The smallest absolute Gasteiger partial charge is 0.285 e. The molecule has 1 aliphatic rings. The number of likely N-dealkylation sites (tertiary alicyclic amines) is 1. The van der Waals surface area contributed by atoms with Crippen LogP contribution in [0, 0.1) is 0 Å². The lowest BCUT2D eigenvalue weighted by molar-refractivity contribution is -0.0372. The third-order valence-corrected chi connectivity index (χ3v) is 5.15. The monoisotopic (exact) mass is 371 g/mol. The minimum atomic E-state index is -2.83. The Morgan fingerprint density at radius 2 is 2.00 bits per heavy atom. The van der Waals surface area contributed by atoms with Crippen molar-refractivity contribution in [2.24, 2.45) is 0 Å². The lowest BCUT2D eigenvalue weighted by Crippen LogP contribution is -2.36. The van der Waals surface area contributed by atoms with E-state index < -0.39 is 5.92 Å². The van der Waals surface area contributed by atoms with E-state index in [0.717, 1.165) is 36.0 Å². The maximum atomic E-state index is 14.6. The molecular weight excluding hydrogens is 348 g/mol. The van der Waals surface area contributed by atoms with Crippen molar-refractivity contribution in [3.05, 3.63) is 54.4 Å². The summed E-state index contributed by atoms with van der Waals surface area (Å²) < 4.78 is 29.2. The fourth-order valence-corrected chi connectivity index (χ4v) is 3.69. The summed E-state index contributed by atoms with van der Waals surface area (Å²) in [7, 11) is 0. The third-order valence-electron chi connectivity index (χ3n) is 5.15. The van der Waals surface area contributed by atoms with E-state index in [1.54, 1.807) is 30.6 Å². The molecule has 0 aliphatic carbocycles. The first-order valence-electron chi connectivity index (χ1n) is 9.32. The van der Waals surface area contributed by atoms with Gasteiger partial charge in [0.25, 0.3) is 5.92 Å². The quantitative estimate of drug-likeness (QED) is 0.711. The Hall–Kier alpha value is -2.54. The second kappa shape index (κ2) is 7.60. The van der Waals surface area contributed by atoms with E-state index in [2.05, 4.69) is 20.5 Å². The summed E-state index contributed by atoms with van der Waals surface area (Å²) in [6.07, 6.45) is 6.12. The molecule has 3 aromatic rings. The number of nitrogens with zero attached hydrogens (tertiary/aromatic N) is 3. The summed E-state index contributed by atoms with van der Waals surface area (Å²) in [4.78, 5) is 6.29. The van der Waals surface area contributed by atoms with Crippen LogP contribution in [0.5, 0.6) is 0 Å². The number of benzene rings is 1. The first-order valence-corrected chi connectivity index (χ1v) is 9.32.